The highest BCUT2D eigenvalue weighted by Crippen LogP contribution is 2.30. The molecule has 0 saturated heterocycles. The van der Waals surface area contributed by atoms with Gasteiger partial charge in [0.25, 0.3) is 0 Å². The number of carbonyl (C=O) groups excluding carboxylic acids is 2. The smallest absolute Gasteiger partial charge is 0.410 e. The van der Waals surface area contributed by atoms with E-state index >= 15 is 0 Å². The molecular weight excluding hydrogens is 398 g/mol. The molecule has 0 radical (unpaired) electrons. The molecule has 2 aliphatic rings. The van der Waals surface area contributed by atoms with Gasteiger partial charge in [0.05, 0.1) is 0 Å². The summed E-state index contributed by atoms with van der Waals surface area (Å²) in [6, 6.07) is 5.51. The van der Waals surface area contributed by atoms with Crippen molar-refractivity contribution in [2.75, 3.05) is 11.9 Å². The van der Waals surface area contributed by atoms with Crippen molar-refractivity contribution in [3.63, 3.8) is 0 Å². The second-order valence-electron chi connectivity index (χ2n) is 9.61. The highest BCUT2D eigenvalue weighted by molar-refractivity contribution is 5.89. The molecule has 3 amide bonds. The molecule has 0 unspecified atom stereocenters. The van der Waals surface area contributed by atoms with E-state index in [0.29, 0.717) is 19.5 Å². The first-order valence-corrected chi connectivity index (χ1v) is 11.0. The summed E-state index contributed by atoms with van der Waals surface area (Å²) in [6.07, 6.45) is 3.47. The molecule has 170 valence electrons. The van der Waals surface area contributed by atoms with Gasteiger partial charge in [-0.25, -0.2) is 9.59 Å². The monoisotopic (exact) mass is 431 g/mol. The lowest BCUT2D eigenvalue weighted by Crippen LogP contribution is -2.43. The average molecular weight is 432 g/mol. The number of nitrogens with one attached hydrogen (secondary N) is 2. The number of hydrogen-bond acceptors (Lipinski definition) is 4. The summed E-state index contributed by atoms with van der Waals surface area (Å²) in [4.78, 5) is 37.3. The second-order valence-corrected chi connectivity index (χ2v) is 9.61. The van der Waals surface area contributed by atoms with Gasteiger partial charge >= 0.3 is 18.1 Å². The first-order valence-electron chi connectivity index (χ1n) is 11.0. The second kappa shape index (κ2) is 9.58. The first kappa shape index (κ1) is 22.9. The first-order chi connectivity index (χ1) is 14.6. The van der Waals surface area contributed by atoms with Gasteiger partial charge in [0, 0.05) is 30.7 Å². The topological polar surface area (TPSA) is 108 Å². The number of carbonyl (C=O) groups is 3. The van der Waals surface area contributed by atoms with Crippen LogP contribution in [0.5, 0.6) is 0 Å². The summed E-state index contributed by atoms with van der Waals surface area (Å²) in [6.45, 7) is 6.83. The van der Waals surface area contributed by atoms with E-state index in [4.69, 9.17) is 9.84 Å². The minimum absolute atomic E-state index is 0.133. The van der Waals surface area contributed by atoms with E-state index in [0.717, 1.165) is 42.5 Å². The lowest BCUT2D eigenvalue weighted by atomic mass is 9.85. The number of nitrogens with zero attached hydrogens (tertiary/aromatic N) is 1. The quantitative estimate of drug-likeness (QED) is 0.664. The Hall–Kier alpha value is -2.77. The number of urea groups is 1. The Balaban J connectivity index is 1.50. The maximum Gasteiger partial charge on any atom is 0.410 e. The standard InChI is InChI=1S/C23H33N3O5/c1-23(2,3)25-21(29)24-18-7-6-17-14-26(11-10-16(17)13-18)22(30)31-19-8-4-15(5-9-19)12-20(27)28/h6-7,13,15,19H,4-5,8-12,14H2,1-3H3,(H,27,28)(H2,24,25,29)/t15-,19-. The molecule has 1 aliphatic heterocycles. The van der Waals surface area contributed by atoms with E-state index in [9.17, 15) is 14.4 Å². The Morgan fingerprint density at radius 3 is 2.48 bits per heavy atom. The van der Waals surface area contributed by atoms with Gasteiger partial charge in [-0.05, 0) is 82.1 Å². The van der Waals surface area contributed by atoms with Crippen LogP contribution in [0.15, 0.2) is 18.2 Å². The molecule has 0 aromatic heterocycles. The van der Waals surface area contributed by atoms with Crippen molar-refractivity contribution in [2.45, 2.75) is 77.5 Å². The molecule has 8 nitrogen and oxygen atoms in total. The Morgan fingerprint density at radius 1 is 1.13 bits per heavy atom. The normalized spacial score (nSPS) is 21.1. The zero-order chi connectivity index (χ0) is 22.6. The molecule has 1 heterocycles. The number of hydrogen-bond donors (Lipinski definition) is 3. The lowest BCUT2D eigenvalue weighted by Gasteiger charge is -2.32. The minimum Gasteiger partial charge on any atom is -0.481 e. The van der Waals surface area contributed by atoms with Crippen molar-refractivity contribution < 1.29 is 24.2 Å². The number of amides is 3. The van der Waals surface area contributed by atoms with Crippen LogP contribution in [0.4, 0.5) is 15.3 Å². The summed E-state index contributed by atoms with van der Waals surface area (Å²) < 4.78 is 5.70. The SMILES string of the molecule is CC(C)(C)NC(=O)Nc1ccc2c(c1)CCN(C(=O)O[C@H]1CC[C@H](CC(=O)O)CC1)C2. The number of benzene rings is 1. The van der Waals surface area contributed by atoms with Crippen molar-refractivity contribution in [3.05, 3.63) is 29.3 Å². The lowest BCUT2D eigenvalue weighted by molar-refractivity contribution is -0.138. The van der Waals surface area contributed by atoms with Crippen molar-refractivity contribution in [3.8, 4) is 0 Å². The molecule has 1 saturated carbocycles. The Morgan fingerprint density at radius 2 is 1.84 bits per heavy atom. The largest absolute Gasteiger partial charge is 0.481 e. The maximum atomic E-state index is 12.6. The van der Waals surface area contributed by atoms with Crippen molar-refractivity contribution in [1.82, 2.24) is 10.2 Å². The number of carboxylic acids is 1. The van der Waals surface area contributed by atoms with Crippen LogP contribution in [0.1, 0.15) is 64.0 Å². The van der Waals surface area contributed by atoms with Crippen LogP contribution in [-0.4, -0.2) is 46.3 Å². The van der Waals surface area contributed by atoms with E-state index in [2.05, 4.69) is 10.6 Å². The van der Waals surface area contributed by atoms with Crippen LogP contribution in [0.3, 0.4) is 0 Å². The number of aliphatic carboxylic acids is 1. The molecule has 8 heteroatoms. The summed E-state index contributed by atoms with van der Waals surface area (Å²) >= 11 is 0. The number of carboxylic acid groups (broad SMARTS) is 1. The molecule has 1 aromatic rings. The fraction of sp³-hybridized carbons (Fsp3) is 0.609. The predicted octanol–water partition coefficient (Wildman–Crippen LogP) is 4.13. The van der Waals surface area contributed by atoms with Crippen LogP contribution < -0.4 is 10.6 Å². The highest BCUT2D eigenvalue weighted by atomic mass is 16.6. The molecule has 0 atom stereocenters. The van der Waals surface area contributed by atoms with E-state index in [1.54, 1.807) is 4.90 Å². The van der Waals surface area contributed by atoms with Gasteiger partial charge in [-0.2, -0.15) is 0 Å². The highest BCUT2D eigenvalue weighted by Gasteiger charge is 2.28. The average Bonchev–Trinajstić information content (AvgIpc) is 2.67. The van der Waals surface area contributed by atoms with Gasteiger partial charge < -0.3 is 25.4 Å². The third-order valence-corrected chi connectivity index (χ3v) is 5.75. The third kappa shape index (κ3) is 6.87. The Kier molecular flexibility index (Phi) is 7.08. The summed E-state index contributed by atoms with van der Waals surface area (Å²) in [5.41, 5.74) is 2.59. The molecule has 1 aliphatic carbocycles. The van der Waals surface area contributed by atoms with Gasteiger partial charge in [-0.15, -0.1) is 0 Å². The fourth-order valence-electron chi connectivity index (χ4n) is 4.21. The van der Waals surface area contributed by atoms with E-state index in [1.807, 2.05) is 39.0 Å². The molecule has 0 bridgehead atoms. The van der Waals surface area contributed by atoms with E-state index < -0.39 is 5.97 Å². The molecule has 3 N–H and O–H groups in total. The van der Waals surface area contributed by atoms with Crippen molar-refractivity contribution in [2.24, 2.45) is 5.92 Å². The zero-order valence-electron chi connectivity index (χ0n) is 18.6. The van der Waals surface area contributed by atoms with Crippen LogP contribution in [0.25, 0.3) is 0 Å². The van der Waals surface area contributed by atoms with Gasteiger partial charge in [0.2, 0.25) is 0 Å². The summed E-state index contributed by atoms with van der Waals surface area (Å²) in [5, 5.41) is 14.6. The van der Waals surface area contributed by atoms with Crippen LogP contribution in [0.2, 0.25) is 0 Å². The van der Waals surface area contributed by atoms with Gasteiger partial charge in [0.1, 0.15) is 6.10 Å². The van der Waals surface area contributed by atoms with Gasteiger partial charge in [-0.3, -0.25) is 4.79 Å². The minimum atomic E-state index is -0.763. The third-order valence-electron chi connectivity index (χ3n) is 5.75. The van der Waals surface area contributed by atoms with Gasteiger partial charge in [0.15, 0.2) is 0 Å². The number of fused-ring (bicyclic) bond motifs is 1. The van der Waals surface area contributed by atoms with Crippen molar-refractivity contribution >= 4 is 23.8 Å². The molecule has 31 heavy (non-hydrogen) atoms. The molecule has 0 spiro atoms. The van der Waals surface area contributed by atoms with Gasteiger partial charge in [-0.1, -0.05) is 6.07 Å². The van der Waals surface area contributed by atoms with E-state index in [1.165, 1.54) is 0 Å². The molecular formula is C23H33N3O5. The van der Waals surface area contributed by atoms with Crippen molar-refractivity contribution in [1.29, 1.82) is 0 Å². The van der Waals surface area contributed by atoms with E-state index in [-0.39, 0.29) is 36.1 Å². The molecule has 1 aromatic carbocycles. The number of anilines is 1. The van der Waals surface area contributed by atoms with Crippen LogP contribution >= 0.6 is 0 Å². The number of ether oxygens (including phenoxy) is 1. The van der Waals surface area contributed by atoms with Crippen LogP contribution in [0, 0.1) is 5.92 Å². The summed E-state index contributed by atoms with van der Waals surface area (Å²) in [5.74, 6) is -0.580. The zero-order valence-corrected chi connectivity index (χ0v) is 18.6. The summed E-state index contributed by atoms with van der Waals surface area (Å²) in [7, 11) is 0. The fourth-order valence-corrected chi connectivity index (χ4v) is 4.21. The molecule has 1 fully saturated rings. The Labute approximate surface area is 183 Å². The maximum absolute atomic E-state index is 12.6. The Bertz CT molecular complexity index is 825. The number of rotatable bonds is 4. The molecule has 3 rings (SSSR count). The van der Waals surface area contributed by atoms with Crippen LogP contribution in [-0.2, 0) is 22.5 Å². The predicted molar refractivity (Wildman–Crippen MR) is 117 cm³/mol.